The van der Waals surface area contributed by atoms with Gasteiger partial charge >= 0.3 is 11.8 Å². The van der Waals surface area contributed by atoms with Gasteiger partial charge in [-0.1, -0.05) is 42.5 Å². The van der Waals surface area contributed by atoms with Crippen molar-refractivity contribution in [3.05, 3.63) is 95.3 Å². The molecular weight excluding hydrogens is 393 g/mol. The Bertz CT molecular complexity index is 1080. The van der Waals surface area contributed by atoms with E-state index in [0.29, 0.717) is 13.0 Å². The van der Waals surface area contributed by atoms with Crippen LogP contribution < -0.4 is 15.5 Å². The van der Waals surface area contributed by atoms with Crippen molar-refractivity contribution in [3.8, 4) is 0 Å². The summed E-state index contributed by atoms with van der Waals surface area (Å²) in [6.07, 6.45) is 1.66. The Balaban J connectivity index is 1.25. The highest BCUT2D eigenvalue weighted by Crippen LogP contribution is 2.24. The van der Waals surface area contributed by atoms with Crippen LogP contribution in [-0.2, 0) is 29.0 Å². The molecule has 5 nitrogen and oxygen atoms in total. The lowest BCUT2D eigenvalue weighted by atomic mass is 9.99. The molecule has 1 aliphatic rings. The molecule has 31 heavy (non-hydrogen) atoms. The standard InChI is InChI=1S/C25H24FN3O2/c26-21-6-3-7-22(16-21)28-25(31)24(30)27-14-12-18-8-10-23(11-9-18)29-15-13-19-4-1-2-5-20(19)17-29/h1-11,16H,12-15,17H2,(H,27,30)(H,28,31). The third kappa shape index (κ3) is 5.28. The summed E-state index contributed by atoms with van der Waals surface area (Å²) >= 11 is 0. The number of amides is 2. The number of hydrogen-bond donors (Lipinski definition) is 2. The molecule has 3 aromatic carbocycles. The smallest absolute Gasteiger partial charge is 0.313 e. The number of nitrogens with one attached hydrogen (secondary N) is 2. The molecule has 0 bridgehead atoms. The zero-order chi connectivity index (χ0) is 21.6. The first-order valence-electron chi connectivity index (χ1n) is 10.3. The molecule has 4 rings (SSSR count). The number of halogens is 1. The topological polar surface area (TPSA) is 61.4 Å². The molecule has 0 spiro atoms. The average Bonchev–Trinajstić information content (AvgIpc) is 2.79. The monoisotopic (exact) mass is 417 g/mol. The van der Waals surface area contributed by atoms with Crippen molar-refractivity contribution in [1.82, 2.24) is 5.32 Å². The molecule has 2 N–H and O–H groups in total. The Morgan fingerprint density at radius 1 is 0.903 bits per heavy atom. The van der Waals surface area contributed by atoms with Crippen molar-refractivity contribution >= 4 is 23.2 Å². The summed E-state index contributed by atoms with van der Waals surface area (Å²) in [5.74, 6) is -2.03. The lowest BCUT2D eigenvalue weighted by Gasteiger charge is -2.30. The molecular formula is C25H24FN3O2. The molecule has 0 saturated heterocycles. The van der Waals surface area contributed by atoms with Gasteiger partial charge in [0.1, 0.15) is 5.82 Å². The maximum Gasteiger partial charge on any atom is 0.313 e. The fraction of sp³-hybridized carbons (Fsp3) is 0.200. The number of anilines is 2. The summed E-state index contributed by atoms with van der Waals surface area (Å²) in [7, 11) is 0. The molecule has 2 amide bonds. The summed E-state index contributed by atoms with van der Waals surface area (Å²) in [5.41, 5.74) is 5.30. The number of carbonyl (C=O) groups excluding carboxylic acids is 2. The SMILES string of the molecule is O=C(NCCc1ccc(N2CCc3ccccc3C2)cc1)C(=O)Nc1cccc(F)c1. The van der Waals surface area contributed by atoms with Crippen LogP contribution in [0.1, 0.15) is 16.7 Å². The highest BCUT2D eigenvalue weighted by Gasteiger charge is 2.16. The van der Waals surface area contributed by atoms with E-state index in [1.165, 1.54) is 35.0 Å². The van der Waals surface area contributed by atoms with E-state index in [1.807, 2.05) is 0 Å². The van der Waals surface area contributed by atoms with E-state index in [-0.39, 0.29) is 5.69 Å². The van der Waals surface area contributed by atoms with Crippen LogP contribution in [0.2, 0.25) is 0 Å². The van der Waals surface area contributed by atoms with Crippen LogP contribution in [0.3, 0.4) is 0 Å². The summed E-state index contributed by atoms with van der Waals surface area (Å²) in [5, 5.41) is 4.99. The first-order valence-corrected chi connectivity index (χ1v) is 10.3. The van der Waals surface area contributed by atoms with Crippen molar-refractivity contribution in [2.24, 2.45) is 0 Å². The molecule has 0 aliphatic carbocycles. The number of carbonyl (C=O) groups is 2. The Morgan fingerprint density at radius 2 is 1.68 bits per heavy atom. The van der Waals surface area contributed by atoms with Crippen LogP contribution in [0.4, 0.5) is 15.8 Å². The molecule has 0 saturated carbocycles. The van der Waals surface area contributed by atoms with E-state index >= 15 is 0 Å². The van der Waals surface area contributed by atoms with E-state index in [9.17, 15) is 14.0 Å². The fourth-order valence-electron chi connectivity index (χ4n) is 3.74. The molecule has 0 radical (unpaired) electrons. The summed E-state index contributed by atoms with van der Waals surface area (Å²) in [6, 6.07) is 22.3. The Kier molecular flexibility index (Phi) is 6.26. The predicted octanol–water partition coefficient (Wildman–Crippen LogP) is 3.69. The third-order valence-electron chi connectivity index (χ3n) is 5.42. The summed E-state index contributed by atoms with van der Waals surface area (Å²) < 4.78 is 13.2. The first kappa shape index (κ1) is 20.6. The van der Waals surface area contributed by atoms with Crippen LogP contribution in [0.15, 0.2) is 72.8 Å². The van der Waals surface area contributed by atoms with Crippen molar-refractivity contribution in [2.75, 3.05) is 23.3 Å². The Hall–Kier alpha value is -3.67. The predicted molar refractivity (Wildman–Crippen MR) is 119 cm³/mol. The van der Waals surface area contributed by atoms with Gasteiger partial charge in [-0.15, -0.1) is 0 Å². The van der Waals surface area contributed by atoms with Crippen LogP contribution in [-0.4, -0.2) is 24.9 Å². The normalized spacial score (nSPS) is 12.7. The number of benzene rings is 3. The number of nitrogens with zero attached hydrogens (tertiary/aromatic N) is 1. The van der Waals surface area contributed by atoms with Gasteiger partial charge in [0.2, 0.25) is 0 Å². The fourth-order valence-corrected chi connectivity index (χ4v) is 3.74. The lowest BCUT2D eigenvalue weighted by molar-refractivity contribution is -0.136. The quantitative estimate of drug-likeness (QED) is 0.623. The number of hydrogen-bond acceptors (Lipinski definition) is 3. The second kappa shape index (κ2) is 9.43. The first-order chi connectivity index (χ1) is 15.1. The van der Waals surface area contributed by atoms with Gasteiger partial charge in [-0.3, -0.25) is 9.59 Å². The second-order valence-corrected chi connectivity index (χ2v) is 7.58. The number of rotatable bonds is 5. The zero-order valence-corrected chi connectivity index (χ0v) is 17.1. The number of fused-ring (bicyclic) bond motifs is 1. The Morgan fingerprint density at radius 3 is 2.45 bits per heavy atom. The third-order valence-corrected chi connectivity index (χ3v) is 5.42. The van der Waals surface area contributed by atoms with Gasteiger partial charge in [-0.2, -0.15) is 0 Å². The maximum atomic E-state index is 13.2. The minimum atomic E-state index is -0.814. The van der Waals surface area contributed by atoms with E-state index in [2.05, 4.69) is 64.1 Å². The van der Waals surface area contributed by atoms with E-state index < -0.39 is 17.6 Å². The molecule has 158 valence electrons. The van der Waals surface area contributed by atoms with Crippen molar-refractivity contribution < 1.29 is 14.0 Å². The minimum Gasteiger partial charge on any atom is -0.367 e. The summed E-state index contributed by atoms with van der Waals surface area (Å²) in [4.78, 5) is 26.2. The van der Waals surface area contributed by atoms with Crippen LogP contribution in [0.25, 0.3) is 0 Å². The highest BCUT2D eigenvalue weighted by molar-refractivity contribution is 6.39. The maximum absolute atomic E-state index is 13.2. The zero-order valence-electron chi connectivity index (χ0n) is 17.1. The van der Waals surface area contributed by atoms with Gasteiger partial charge in [-0.05, 0) is 59.9 Å². The molecule has 0 aromatic heterocycles. The molecule has 0 atom stereocenters. The van der Waals surface area contributed by atoms with E-state index in [4.69, 9.17) is 0 Å². The Labute approximate surface area is 180 Å². The van der Waals surface area contributed by atoms with Crippen LogP contribution >= 0.6 is 0 Å². The van der Waals surface area contributed by atoms with Gasteiger partial charge in [0.15, 0.2) is 0 Å². The van der Waals surface area contributed by atoms with Gasteiger partial charge in [0, 0.05) is 31.0 Å². The van der Waals surface area contributed by atoms with E-state index in [1.54, 1.807) is 0 Å². The van der Waals surface area contributed by atoms with E-state index in [0.717, 1.165) is 31.1 Å². The second-order valence-electron chi connectivity index (χ2n) is 7.58. The van der Waals surface area contributed by atoms with Gasteiger partial charge in [-0.25, -0.2) is 4.39 Å². The van der Waals surface area contributed by atoms with Gasteiger partial charge in [0.25, 0.3) is 0 Å². The largest absolute Gasteiger partial charge is 0.367 e. The van der Waals surface area contributed by atoms with Crippen molar-refractivity contribution in [1.29, 1.82) is 0 Å². The minimum absolute atomic E-state index is 0.246. The van der Waals surface area contributed by atoms with Gasteiger partial charge < -0.3 is 15.5 Å². The summed E-state index contributed by atoms with van der Waals surface area (Å²) in [6.45, 7) is 2.24. The van der Waals surface area contributed by atoms with Crippen molar-refractivity contribution in [3.63, 3.8) is 0 Å². The molecule has 6 heteroatoms. The molecule has 3 aromatic rings. The average molecular weight is 417 g/mol. The highest BCUT2D eigenvalue weighted by atomic mass is 19.1. The lowest BCUT2D eigenvalue weighted by Crippen LogP contribution is -2.36. The van der Waals surface area contributed by atoms with Crippen LogP contribution in [0.5, 0.6) is 0 Å². The van der Waals surface area contributed by atoms with Gasteiger partial charge in [0.05, 0.1) is 0 Å². The molecule has 1 aliphatic heterocycles. The molecule has 0 fully saturated rings. The molecule has 1 heterocycles. The van der Waals surface area contributed by atoms with Crippen molar-refractivity contribution in [2.45, 2.75) is 19.4 Å². The molecule has 0 unspecified atom stereocenters. The van der Waals surface area contributed by atoms with Crippen LogP contribution in [0, 0.1) is 5.82 Å².